The van der Waals surface area contributed by atoms with Gasteiger partial charge in [0.1, 0.15) is 5.75 Å². The average molecular weight is 339 g/mol. The molecule has 6 heteroatoms. The molecule has 1 aliphatic carbocycles. The number of para-hydroxylation sites is 3. The number of carbonyl (C=O) groups excluding carboxylic acids is 2. The maximum atomic E-state index is 12.3. The molecule has 0 spiro atoms. The lowest BCUT2D eigenvalue weighted by molar-refractivity contribution is -0.114. The highest BCUT2D eigenvalue weighted by Crippen LogP contribution is 2.23. The minimum atomic E-state index is -0.238. The Bertz CT molecular complexity index is 772. The van der Waals surface area contributed by atoms with Crippen LogP contribution in [0.25, 0.3) is 0 Å². The van der Waals surface area contributed by atoms with Crippen molar-refractivity contribution >= 4 is 23.2 Å². The molecule has 0 atom stereocenters. The number of carbonyl (C=O) groups is 2. The van der Waals surface area contributed by atoms with Crippen molar-refractivity contribution in [2.75, 3.05) is 24.3 Å². The molecule has 2 aromatic rings. The third-order valence-electron chi connectivity index (χ3n) is 3.90. The van der Waals surface area contributed by atoms with Gasteiger partial charge in [-0.2, -0.15) is 0 Å². The average Bonchev–Trinajstić information content (AvgIpc) is 3.44. The van der Waals surface area contributed by atoms with Gasteiger partial charge in [0.2, 0.25) is 5.91 Å². The van der Waals surface area contributed by atoms with Crippen molar-refractivity contribution in [2.24, 2.45) is 0 Å². The summed E-state index contributed by atoms with van der Waals surface area (Å²) in [5.74, 6) is 0.271. The smallest absolute Gasteiger partial charge is 0.253 e. The van der Waals surface area contributed by atoms with Crippen molar-refractivity contribution in [1.29, 1.82) is 0 Å². The summed E-state index contributed by atoms with van der Waals surface area (Å²) in [5.41, 5.74) is 1.72. The van der Waals surface area contributed by atoms with E-state index in [1.165, 1.54) is 0 Å². The van der Waals surface area contributed by atoms with Gasteiger partial charge in [0.25, 0.3) is 5.91 Å². The van der Waals surface area contributed by atoms with Gasteiger partial charge in [-0.15, -0.1) is 0 Å². The maximum Gasteiger partial charge on any atom is 0.253 e. The van der Waals surface area contributed by atoms with Crippen LogP contribution in [0.5, 0.6) is 5.75 Å². The van der Waals surface area contributed by atoms with E-state index in [1.54, 1.807) is 31.4 Å². The van der Waals surface area contributed by atoms with Crippen LogP contribution >= 0.6 is 0 Å². The summed E-state index contributed by atoms with van der Waals surface area (Å²) < 4.78 is 5.24. The minimum absolute atomic E-state index is 0.0684. The molecule has 3 rings (SSSR count). The molecule has 2 aromatic carbocycles. The van der Waals surface area contributed by atoms with Crippen molar-refractivity contribution in [3.8, 4) is 5.75 Å². The zero-order valence-electron chi connectivity index (χ0n) is 14.0. The summed E-state index contributed by atoms with van der Waals surface area (Å²) in [4.78, 5) is 24.5. The molecule has 0 heterocycles. The first-order chi connectivity index (χ1) is 12.2. The second kappa shape index (κ2) is 7.70. The third-order valence-corrected chi connectivity index (χ3v) is 3.90. The highest BCUT2D eigenvalue weighted by molar-refractivity contribution is 6.04. The molecule has 1 fully saturated rings. The zero-order chi connectivity index (χ0) is 17.6. The number of rotatable bonds is 7. The number of ether oxygens (including phenoxy) is 1. The Kier molecular flexibility index (Phi) is 5.18. The summed E-state index contributed by atoms with van der Waals surface area (Å²) in [6, 6.07) is 14.6. The molecule has 3 N–H and O–H groups in total. The summed E-state index contributed by atoms with van der Waals surface area (Å²) in [6.45, 7) is 0.0684. The number of methoxy groups -OCH3 is 1. The molecule has 0 bridgehead atoms. The quantitative estimate of drug-likeness (QED) is 0.724. The van der Waals surface area contributed by atoms with Crippen molar-refractivity contribution in [2.45, 2.75) is 18.9 Å². The molecule has 2 amide bonds. The number of hydrogen-bond acceptors (Lipinski definition) is 4. The van der Waals surface area contributed by atoms with Crippen LogP contribution in [0.2, 0.25) is 0 Å². The molecule has 1 saturated carbocycles. The van der Waals surface area contributed by atoms with Crippen molar-refractivity contribution < 1.29 is 14.3 Å². The van der Waals surface area contributed by atoms with E-state index in [0.29, 0.717) is 17.0 Å². The molecule has 130 valence electrons. The highest BCUT2D eigenvalue weighted by atomic mass is 16.5. The maximum absolute atomic E-state index is 12.3. The predicted molar refractivity (Wildman–Crippen MR) is 97.0 cm³/mol. The van der Waals surface area contributed by atoms with Crippen molar-refractivity contribution in [1.82, 2.24) is 5.32 Å². The van der Waals surface area contributed by atoms with Gasteiger partial charge in [-0.05, 0) is 37.1 Å². The number of anilines is 2. The monoisotopic (exact) mass is 339 g/mol. The molecule has 6 nitrogen and oxygen atoms in total. The van der Waals surface area contributed by atoms with E-state index in [9.17, 15) is 9.59 Å². The molecular formula is C19H21N3O3. The number of amides is 2. The fourth-order valence-electron chi connectivity index (χ4n) is 2.44. The second-order valence-electron chi connectivity index (χ2n) is 5.90. The molecule has 1 aliphatic rings. The van der Waals surface area contributed by atoms with Gasteiger partial charge in [0.15, 0.2) is 0 Å². The Balaban J connectivity index is 1.62. The summed E-state index contributed by atoms with van der Waals surface area (Å²) in [6.07, 6.45) is 2.03. The highest BCUT2D eigenvalue weighted by Gasteiger charge is 2.24. The Morgan fingerprint density at radius 1 is 1.04 bits per heavy atom. The Labute approximate surface area is 146 Å². The number of nitrogens with one attached hydrogen (secondary N) is 3. The molecular weight excluding hydrogens is 318 g/mol. The van der Waals surface area contributed by atoms with Gasteiger partial charge >= 0.3 is 0 Å². The van der Waals surface area contributed by atoms with E-state index < -0.39 is 0 Å². The van der Waals surface area contributed by atoms with Crippen LogP contribution in [0.3, 0.4) is 0 Å². The predicted octanol–water partition coefficient (Wildman–Crippen LogP) is 2.64. The van der Waals surface area contributed by atoms with Gasteiger partial charge in [0.05, 0.1) is 30.6 Å². The Hall–Kier alpha value is -3.02. The van der Waals surface area contributed by atoms with Crippen LogP contribution in [0.4, 0.5) is 11.4 Å². The standard InChI is InChI=1S/C19H21N3O3/c1-25-17-9-5-4-8-16(17)20-12-18(23)22-15-7-3-2-6-14(15)19(24)21-13-10-11-13/h2-9,13,20H,10-12H2,1H3,(H,21,24)(H,22,23). The van der Waals surface area contributed by atoms with Crippen LogP contribution in [0.15, 0.2) is 48.5 Å². The van der Waals surface area contributed by atoms with E-state index in [2.05, 4.69) is 16.0 Å². The largest absolute Gasteiger partial charge is 0.495 e. The van der Waals surface area contributed by atoms with E-state index in [4.69, 9.17) is 4.74 Å². The lowest BCUT2D eigenvalue weighted by Gasteiger charge is -2.13. The Morgan fingerprint density at radius 2 is 1.72 bits per heavy atom. The second-order valence-corrected chi connectivity index (χ2v) is 5.90. The first-order valence-corrected chi connectivity index (χ1v) is 8.24. The fraction of sp³-hybridized carbons (Fsp3) is 0.263. The summed E-state index contributed by atoms with van der Waals surface area (Å²) in [7, 11) is 1.58. The van der Waals surface area contributed by atoms with Gasteiger partial charge in [-0.25, -0.2) is 0 Å². The third kappa shape index (κ3) is 4.50. The van der Waals surface area contributed by atoms with Crippen LogP contribution in [-0.4, -0.2) is 31.5 Å². The van der Waals surface area contributed by atoms with E-state index >= 15 is 0 Å². The van der Waals surface area contributed by atoms with Gasteiger partial charge < -0.3 is 20.7 Å². The fourth-order valence-corrected chi connectivity index (χ4v) is 2.44. The lowest BCUT2D eigenvalue weighted by atomic mass is 10.1. The summed E-state index contributed by atoms with van der Waals surface area (Å²) in [5, 5.41) is 8.76. The number of hydrogen-bond donors (Lipinski definition) is 3. The van der Waals surface area contributed by atoms with Gasteiger partial charge in [-0.3, -0.25) is 9.59 Å². The zero-order valence-corrected chi connectivity index (χ0v) is 14.0. The van der Waals surface area contributed by atoms with E-state index in [-0.39, 0.29) is 24.4 Å². The molecule has 0 aromatic heterocycles. The van der Waals surface area contributed by atoms with Crippen molar-refractivity contribution in [3.05, 3.63) is 54.1 Å². The SMILES string of the molecule is COc1ccccc1NCC(=O)Nc1ccccc1C(=O)NC1CC1. The topological polar surface area (TPSA) is 79.5 Å². The molecule has 0 radical (unpaired) electrons. The first kappa shape index (κ1) is 16.8. The molecule has 0 aliphatic heterocycles. The lowest BCUT2D eigenvalue weighted by Crippen LogP contribution is -2.28. The molecule has 25 heavy (non-hydrogen) atoms. The normalized spacial score (nSPS) is 13.0. The van der Waals surface area contributed by atoms with Crippen LogP contribution in [0.1, 0.15) is 23.2 Å². The Morgan fingerprint density at radius 3 is 2.44 bits per heavy atom. The van der Waals surface area contributed by atoms with Gasteiger partial charge in [0, 0.05) is 6.04 Å². The van der Waals surface area contributed by atoms with E-state index in [0.717, 1.165) is 18.5 Å². The van der Waals surface area contributed by atoms with Crippen LogP contribution < -0.4 is 20.7 Å². The summed E-state index contributed by atoms with van der Waals surface area (Å²) >= 11 is 0. The molecule has 0 saturated heterocycles. The molecule has 0 unspecified atom stereocenters. The van der Waals surface area contributed by atoms with Crippen LogP contribution in [0, 0.1) is 0 Å². The van der Waals surface area contributed by atoms with E-state index in [1.807, 2.05) is 24.3 Å². The van der Waals surface area contributed by atoms with Crippen LogP contribution in [-0.2, 0) is 4.79 Å². The minimum Gasteiger partial charge on any atom is -0.495 e. The van der Waals surface area contributed by atoms with Crippen molar-refractivity contribution in [3.63, 3.8) is 0 Å². The first-order valence-electron chi connectivity index (χ1n) is 8.24. The number of benzene rings is 2. The van der Waals surface area contributed by atoms with Gasteiger partial charge in [-0.1, -0.05) is 24.3 Å².